The first-order valence-corrected chi connectivity index (χ1v) is 6.22. The predicted molar refractivity (Wildman–Crippen MR) is 71.4 cm³/mol. The van der Waals surface area contributed by atoms with E-state index in [1.807, 2.05) is 48.5 Å². The highest BCUT2D eigenvalue weighted by atomic mass is 16.5. The van der Waals surface area contributed by atoms with Gasteiger partial charge >= 0.3 is 5.97 Å². The van der Waals surface area contributed by atoms with Gasteiger partial charge in [0.05, 0.1) is 13.5 Å². The van der Waals surface area contributed by atoms with E-state index >= 15 is 0 Å². The molecule has 1 aliphatic rings. The van der Waals surface area contributed by atoms with Gasteiger partial charge < -0.3 is 9.47 Å². The Morgan fingerprint density at radius 3 is 2.11 bits per heavy atom. The second-order valence-corrected chi connectivity index (χ2v) is 4.51. The van der Waals surface area contributed by atoms with Gasteiger partial charge in [-0.1, -0.05) is 36.4 Å². The van der Waals surface area contributed by atoms with Crippen LogP contribution in [0.25, 0.3) is 0 Å². The van der Waals surface area contributed by atoms with Crippen LogP contribution >= 0.6 is 0 Å². The topological polar surface area (TPSA) is 35.5 Å². The predicted octanol–water partition coefficient (Wildman–Crippen LogP) is 3.49. The molecule has 0 aromatic heterocycles. The Balaban J connectivity index is 2.08. The fraction of sp³-hybridized carbons (Fsp3) is 0.188. The molecule has 2 aromatic rings. The first kappa shape index (κ1) is 11.8. The monoisotopic (exact) mass is 254 g/mol. The number of para-hydroxylation sites is 2. The standard InChI is InChI=1S/C16H14O3/c1-18-16(17)10-13-11-6-2-4-8-14(11)19-15-9-5-3-7-12(13)15/h2-9,13H,10H2,1H3. The number of ether oxygens (including phenoxy) is 2. The van der Waals surface area contributed by atoms with Gasteiger partial charge in [-0.15, -0.1) is 0 Å². The Morgan fingerprint density at radius 2 is 1.58 bits per heavy atom. The lowest BCUT2D eigenvalue weighted by Gasteiger charge is -2.27. The van der Waals surface area contributed by atoms with E-state index in [2.05, 4.69) is 0 Å². The number of methoxy groups -OCH3 is 1. The first-order chi connectivity index (χ1) is 9.29. The fourth-order valence-electron chi connectivity index (χ4n) is 2.48. The highest BCUT2D eigenvalue weighted by Gasteiger charge is 2.28. The van der Waals surface area contributed by atoms with Crippen molar-refractivity contribution in [2.24, 2.45) is 0 Å². The third kappa shape index (κ3) is 2.08. The van der Waals surface area contributed by atoms with Gasteiger partial charge in [-0.25, -0.2) is 0 Å². The second-order valence-electron chi connectivity index (χ2n) is 4.51. The highest BCUT2D eigenvalue weighted by Crippen LogP contribution is 2.45. The summed E-state index contributed by atoms with van der Waals surface area (Å²) in [5.41, 5.74) is 2.07. The van der Waals surface area contributed by atoms with Crippen molar-refractivity contribution in [3.05, 3.63) is 59.7 Å². The van der Waals surface area contributed by atoms with Gasteiger partial charge in [0.25, 0.3) is 0 Å². The lowest BCUT2D eigenvalue weighted by molar-refractivity contribution is -0.140. The molecule has 1 heterocycles. The van der Waals surface area contributed by atoms with Crippen LogP contribution in [0.3, 0.4) is 0 Å². The summed E-state index contributed by atoms with van der Waals surface area (Å²) in [4.78, 5) is 11.6. The molecule has 0 radical (unpaired) electrons. The molecule has 0 aliphatic carbocycles. The summed E-state index contributed by atoms with van der Waals surface area (Å²) in [5.74, 6) is 1.41. The van der Waals surface area contributed by atoms with Gasteiger partial charge in [0.1, 0.15) is 11.5 Å². The van der Waals surface area contributed by atoms with Crippen molar-refractivity contribution in [3.63, 3.8) is 0 Å². The van der Waals surface area contributed by atoms with E-state index in [0.29, 0.717) is 6.42 Å². The van der Waals surface area contributed by atoms with Crippen molar-refractivity contribution >= 4 is 5.97 Å². The molecule has 0 spiro atoms. The Hall–Kier alpha value is -2.29. The van der Waals surface area contributed by atoms with Crippen molar-refractivity contribution in [3.8, 4) is 11.5 Å². The normalized spacial score (nSPS) is 13.1. The summed E-state index contributed by atoms with van der Waals surface area (Å²) in [6, 6.07) is 15.6. The van der Waals surface area contributed by atoms with Crippen molar-refractivity contribution < 1.29 is 14.3 Å². The van der Waals surface area contributed by atoms with Crippen molar-refractivity contribution in [2.75, 3.05) is 7.11 Å². The molecule has 0 fully saturated rings. The Bertz CT molecular complexity index is 573. The van der Waals surface area contributed by atoms with Crippen LogP contribution in [-0.4, -0.2) is 13.1 Å². The average Bonchev–Trinajstić information content (AvgIpc) is 2.46. The summed E-state index contributed by atoms with van der Waals surface area (Å²) in [5, 5.41) is 0. The zero-order chi connectivity index (χ0) is 13.2. The molecule has 96 valence electrons. The molecular weight excluding hydrogens is 240 g/mol. The van der Waals surface area contributed by atoms with E-state index in [1.165, 1.54) is 7.11 Å². The van der Waals surface area contributed by atoms with E-state index in [0.717, 1.165) is 22.6 Å². The van der Waals surface area contributed by atoms with E-state index in [-0.39, 0.29) is 11.9 Å². The van der Waals surface area contributed by atoms with Gasteiger partial charge in [0.2, 0.25) is 0 Å². The zero-order valence-corrected chi connectivity index (χ0v) is 10.6. The molecule has 19 heavy (non-hydrogen) atoms. The quantitative estimate of drug-likeness (QED) is 0.769. The number of benzene rings is 2. The number of carbonyl (C=O) groups excluding carboxylic acids is 1. The van der Waals surface area contributed by atoms with Gasteiger partial charge in [-0.05, 0) is 12.1 Å². The number of esters is 1. The third-order valence-corrected chi connectivity index (χ3v) is 3.41. The van der Waals surface area contributed by atoms with E-state index in [4.69, 9.17) is 9.47 Å². The average molecular weight is 254 g/mol. The van der Waals surface area contributed by atoms with Crippen LogP contribution in [0, 0.1) is 0 Å². The molecule has 2 aromatic carbocycles. The summed E-state index contributed by atoms with van der Waals surface area (Å²) in [6.07, 6.45) is 0.327. The van der Waals surface area contributed by atoms with E-state index in [1.54, 1.807) is 0 Å². The Labute approximate surface area is 111 Å². The molecular formula is C16H14O3. The third-order valence-electron chi connectivity index (χ3n) is 3.41. The van der Waals surface area contributed by atoms with Gasteiger partial charge in [0.15, 0.2) is 0 Å². The summed E-state index contributed by atoms with van der Waals surface area (Å²) >= 11 is 0. The van der Waals surface area contributed by atoms with Crippen LogP contribution in [0.15, 0.2) is 48.5 Å². The van der Waals surface area contributed by atoms with Gasteiger partial charge in [-0.2, -0.15) is 0 Å². The van der Waals surface area contributed by atoms with Crippen LogP contribution in [0.4, 0.5) is 0 Å². The summed E-state index contributed by atoms with van der Waals surface area (Å²) in [6.45, 7) is 0. The summed E-state index contributed by atoms with van der Waals surface area (Å²) in [7, 11) is 1.42. The zero-order valence-electron chi connectivity index (χ0n) is 10.6. The SMILES string of the molecule is COC(=O)CC1c2ccccc2Oc2ccccc21. The highest BCUT2D eigenvalue weighted by molar-refractivity contribution is 5.72. The largest absolute Gasteiger partial charge is 0.469 e. The number of hydrogen-bond donors (Lipinski definition) is 0. The maximum atomic E-state index is 11.6. The van der Waals surface area contributed by atoms with Crippen LogP contribution in [0.1, 0.15) is 23.5 Å². The second kappa shape index (κ2) is 4.76. The maximum Gasteiger partial charge on any atom is 0.306 e. The molecule has 0 bridgehead atoms. The number of hydrogen-bond acceptors (Lipinski definition) is 3. The minimum Gasteiger partial charge on any atom is -0.469 e. The van der Waals surface area contributed by atoms with Crippen LogP contribution in [-0.2, 0) is 9.53 Å². The Kier molecular flexibility index (Phi) is 2.95. The number of rotatable bonds is 2. The minimum atomic E-state index is -0.212. The van der Waals surface area contributed by atoms with E-state index in [9.17, 15) is 4.79 Å². The summed E-state index contributed by atoms with van der Waals surface area (Å²) < 4.78 is 10.7. The van der Waals surface area contributed by atoms with Crippen molar-refractivity contribution in [1.29, 1.82) is 0 Å². The lowest BCUT2D eigenvalue weighted by Crippen LogP contribution is -2.14. The maximum absolute atomic E-state index is 11.6. The minimum absolute atomic E-state index is 0.00593. The first-order valence-electron chi connectivity index (χ1n) is 6.22. The molecule has 1 aliphatic heterocycles. The van der Waals surface area contributed by atoms with E-state index < -0.39 is 0 Å². The fourth-order valence-corrected chi connectivity index (χ4v) is 2.48. The van der Waals surface area contributed by atoms with Crippen molar-refractivity contribution in [2.45, 2.75) is 12.3 Å². The smallest absolute Gasteiger partial charge is 0.306 e. The molecule has 0 N–H and O–H groups in total. The van der Waals surface area contributed by atoms with Gasteiger partial charge in [-0.3, -0.25) is 4.79 Å². The molecule has 0 saturated carbocycles. The molecule has 0 atom stereocenters. The lowest BCUT2D eigenvalue weighted by atomic mass is 9.85. The van der Waals surface area contributed by atoms with Gasteiger partial charge in [0, 0.05) is 17.0 Å². The Morgan fingerprint density at radius 1 is 1.05 bits per heavy atom. The molecule has 0 amide bonds. The molecule has 0 unspecified atom stereocenters. The van der Waals surface area contributed by atoms with Crippen LogP contribution < -0.4 is 4.74 Å². The molecule has 3 heteroatoms. The number of carbonyl (C=O) groups is 1. The van der Waals surface area contributed by atoms with Crippen molar-refractivity contribution in [1.82, 2.24) is 0 Å². The number of fused-ring (bicyclic) bond motifs is 2. The molecule has 3 nitrogen and oxygen atoms in total. The van der Waals surface area contributed by atoms with Crippen LogP contribution in [0.5, 0.6) is 11.5 Å². The molecule has 3 rings (SSSR count). The molecule has 0 saturated heterocycles. The van der Waals surface area contributed by atoms with Crippen LogP contribution in [0.2, 0.25) is 0 Å².